The number of thiazole rings is 1. The molecule has 0 atom stereocenters. The Morgan fingerprint density at radius 2 is 2.14 bits per heavy atom. The van der Waals surface area contributed by atoms with Crippen molar-refractivity contribution in [3.63, 3.8) is 0 Å². The van der Waals surface area contributed by atoms with Crippen LogP contribution in [0.1, 0.15) is 10.4 Å². The molecule has 0 unspecified atom stereocenters. The minimum absolute atomic E-state index is 0.203. The summed E-state index contributed by atoms with van der Waals surface area (Å²) >= 11 is 9.48. The summed E-state index contributed by atoms with van der Waals surface area (Å²) in [4.78, 5) is 16.7. The monoisotopic (exact) mass is 444 g/mol. The Balaban J connectivity index is 1.84. The topological polar surface area (TPSA) is 51.2 Å². The molecule has 3 rings (SSSR count). The Kier molecular flexibility index (Phi) is 4.51. The van der Waals surface area contributed by atoms with Crippen LogP contribution in [0.15, 0.2) is 36.4 Å². The number of rotatable bonds is 3. The van der Waals surface area contributed by atoms with Crippen LogP contribution < -0.4 is 10.1 Å². The Hall–Kier alpha value is -1.38. The number of halogens is 2. The van der Waals surface area contributed by atoms with Crippen molar-refractivity contribution >= 4 is 66.8 Å². The normalized spacial score (nSPS) is 10.7. The van der Waals surface area contributed by atoms with Gasteiger partial charge in [-0.25, -0.2) is 4.98 Å². The highest BCUT2D eigenvalue weighted by molar-refractivity contribution is 14.1. The third kappa shape index (κ3) is 3.18. The molecule has 1 N–H and O–H groups in total. The molecule has 22 heavy (non-hydrogen) atoms. The van der Waals surface area contributed by atoms with Crippen LogP contribution in [-0.4, -0.2) is 18.0 Å². The molecule has 0 radical (unpaired) electrons. The number of anilines is 1. The molecule has 3 aromatic rings. The SMILES string of the molecule is COc1ccc(C(=O)Nc2nc3ccc(Cl)cc3s2)cc1I. The van der Waals surface area contributed by atoms with Crippen LogP contribution in [0, 0.1) is 3.57 Å². The molecule has 1 heterocycles. The van der Waals surface area contributed by atoms with Crippen LogP contribution in [0.2, 0.25) is 5.02 Å². The molecule has 1 amide bonds. The van der Waals surface area contributed by atoms with E-state index >= 15 is 0 Å². The minimum atomic E-state index is -0.203. The second kappa shape index (κ2) is 6.39. The number of aromatic nitrogens is 1. The molecule has 4 nitrogen and oxygen atoms in total. The highest BCUT2D eigenvalue weighted by Crippen LogP contribution is 2.29. The Bertz CT molecular complexity index is 866. The second-order valence-corrected chi connectivity index (χ2v) is 7.06. The van der Waals surface area contributed by atoms with E-state index in [2.05, 4.69) is 32.9 Å². The number of carbonyl (C=O) groups excluding carboxylic acids is 1. The molecule has 0 saturated heterocycles. The molecule has 1 aromatic heterocycles. The van der Waals surface area contributed by atoms with Gasteiger partial charge in [-0.15, -0.1) is 0 Å². The average Bonchev–Trinajstić information content (AvgIpc) is 2.88. The summed E-state index contributed by atoms with van der Waals surface area (Å²) in [5, 5.41) is 4.01. The first-order chi connectivity index (χ1) is 10.6. The van der Waals surface area contributed by atoms with Gasteiger partial charge in [-0.2, -0.15) is 0 Å². The lowest BCUT2D eigenvalue weighted by molar-refractivity contribution is 0.102. The molecular weight excluding hydrogens is 435 g/mol. The fourth-order valence-electron chi connectivity index (χ4n) is 1.93. The van der Waals surface area contributed by atoms with Crippen LogP contribution in [0.4, 0.5) is 5.13 Å². The summed E-state index contributed by atoms with van der Waals surface area (Å²) < 4.78 is 7.00. The number of hydrogen-bond acceptors (Lipinski definition) is 4. The van der Waals surface area contributed by atoms with Crippen molar-refractivity contribution in [2.75, 3.05) is 12.4 Å². The van der Waals surface area contributed by atoms with Crippen LogP contribution in [0.25, 0.3) is 10.2 Å². The first kappa shape index (κ1) is 15.5. The van der Waals surface area contributed by atoms with Crippen molar-refractivity contribution in [1.82, 2.24) is 4.98 Å². The number of ether oxygens (including phenoxy) is 1. The zero-order valence-corrected chi connectivity index (χ0v) is 15.1. The van der Waals surface area contributed by atoms with Gasteiger partial charge in [-0.3, -0.25) is 10.1 Å². The average molecular weight is 445 g/mol. The standard InChI is InChI=1S/C15H10ClIN2O2S/c1-21-12-5-2-8(6-10(12)17)14(20)19-15-18-11-4-3-9(16)7-13(11)22-15/h2-7H,1H3,(H,18,19,20). The van der Waals surface area contributed by atoms with Gasteiger partial charge in [0.25, 0.3) is 5.91 Å². The third-order valence-electron chi connectivity index (χ3n) is 2.98. The van der Waals surface area contributed by atoms with Crippen molar-refractivity contribution in [2.45, 2.75) is 0 Å². The maximum atomic E-state index is 12.3. The van der Waals surface area contributed by atoms with E-state index in [1.54, 1.807) is 31.4 Å². The van der Waals surface area contributed by atoms with Gasteiger partial charge in [0.15, 0.2) is 5.13 Å². The van der Waals surface area contributed by atoms with Crippen LogP contribution >= 0.6 is 45.5 Å². The van der Waals surface area contributed by atoms with E-state index < -0.39 is 0 Å². The molecule has 0 fully saturated rings. The third-order valence-corrected chi connectivity index (χ3v) is 5.00. The van der Waals surface area contributed by atoms with Crippen LogP contribution in [0.5, 0.6) is 5.75 Å². The first-order valence-corrected chi connectivity index (χ1v) is 8.55. The molecule has 7 heteroatoms. The van der Waals surface area contributed by atoms with Gasteiger partial charge in [-0.1, -0.05) is 22.9 Å². The molecule has 0 saturated carbocycles. The lowest BCUT2D eigenvalue weighted by Crippen LogP contribution is -2.11. The second-order valence-electron chi connectivity index (χ2n) is 4.43. The molecule has 0 aliphatic rings. The molecule has 112 valence electrons. The molecule has 0 bridgehead atoms. The van der Waals surface area contributed by atoms with Crippen molar-refractivity contribution in [3.05, 3.63) is 50.6 Å². The number of benzene rings is 2. The zero-order chi connectivity index (χ0) is 15.7. The van der Waals surface area contributed by atoms with Gasteiger partial charge in [0.1, 0.15) is 5.75 Å². The van der Waals surface area contributed by atoms with E-state index in [1.807, 2.05) is 12.1 Å². The highest BCUT2D eigenvalue weighted by atomic mass is 127. The summed E-state index contributed by atoms with van der Waals surface area (Å²) in [6, 6.07) is 10.7. The number of nitrogens with one attached hydrogen (secondary N) is 1. The van der Waals surface area contributed by atoms with Crippen LogP contribution in [-0.2, 0) is 0 Å². The van der Waals surface area contributed by atoms with Crippen LogP contribution in [0.3, 0.4) is 0 Å². The fraction of sp³-hybridized carbons (Fsp3) is 0.0667. The Labute approximate surface area is 149 Å². The number of nitrogens with zero attached hydrogens (tertiary/aromatic N) is 1. The van der Waals surface area contributed by atoms with Crippen molar-refractivity contribution < 1.29 is 9.53 Å². The van der Waals surface area contributed by atoms with E-state index in [0.29, 0.717) is 15.7 Å². The molecule has 0 spiro atoms. The van der Waals surface area contributed by atoms with Crippen molar-refractivity contribution in [2.24, 2.45) is 0 Å². The maximum absolute atomic E-state index is 12.3. The van der Waals surface area contributed by atoms with E-state index in [0.717, 1.165) is 19.5 Å². The molecule has 2 aromatic carbocycles. The molecular formula is C15H10ClIN2O2S. The zero-order valence-electron chi connectivity index (χ0n) is 11.4. The van der Waals surface area contributed by atoms with E-state index in [-0.39, 0.29) is 5.91 Å². The van der Waals surface area contributed by atoms with E-state index in [9.17, 15) is 4.79 Å². The van der Waals surface area contributed by atoms with Gasteiger partial charge >= 0.3 is 0 Å². The number of methoxy groups -OCH3 is 1. The summed E-state index contributed by atoms with van der Waals surface area (Å²) in [6.07, 6.45) is 0. The summed E-state index contributed by atoms with van der Waals surface area (Å²) in [5.41, 5.74) is 1.37. The first-order valence-electron chi connectivity index (χ1n) is 6.28. The van der Waals surface area contributed by atoms with Gasteiger partial charge in [0.2, 0.25) is 0 Å². The smallest absolute Gasteiger partial charge is 0.257 e. The number of fused-ring (bicyclic) bond motifs is 1. The lowest BCUT2D eigenvalue weighted by Gasteiger charge is -2.06. The van der Waals surface area contributed by atoms with E-state index in [1.165, 1.54) is 11.3 Å². The fourth-order valence-corrected chi connectivity index (χ4v) is 3.80. The lowest BCUT2D eigenvalue weighted by atomic mass is 10.2. The molecule has 0 aliphatic carbocycles. The van der Waals surface area contributed by atoms with Gasteiger partial charge in [0, 0.05) is 10.6 Å². The minimum Gasteiger partial charge on any atom is -0.496 e. The van der Waals surface area contributed by atoms with E-state index in [4.69, 9.17) is 16.3 Å². The quantitative estimate of drug-likeness (QED) is 0.590. The van der Waals surface area contributed by atoms with Gasteiger partial charge in [0.05, 0.1) is 20.9 Å². The predicted molar refractivity (Wildman–Crippen MR) is 98.3 cm³/mol. The Morgan fingerprint density at radius 3 is 2.86 bits per heavy atom. The van der Waals surface area contributed by atoms with Crippen molar-refractivity contribution in [3.8, 4) is 5.75 Å². The van der Waals surface area contributed by atoms with Gasteiger partial charge in [-0.05, 0) is 59.0 Å². The van der Waals surface area contributed by atoms with Gasteiger partial charge < -0.3 is 4.74 Å². The van der Waals surface area contributed by atoms with Crippen molar-refractivity contribution in [1.29, 1.82) is 0 Å². The highest BCUT2D eigenvalue weighted by Gasteiger charge is 2.12. The Morgan fingerprint density at radius 1 is 1.32 bits per heavy atom. The summed E-state index contributed by atoms with van der Waals surface area (Å²) in [7, 11) is 1.60. The summed E-state index contributed by atoms with van der Waals surface area (Å²) in [6.45, 7) is 0. The number of amides is 1. The predicted octanol–water partition coefficient (Wildman–Crippen LogP) is 4.82. The number of carbonyl (C=O) groups is 1. The maximum Gasteiger partial charge on any atom is 0.257 e. The largest absolute Gasteiger partial charge is 0.496 e. The number of hydrogen-bond donors (Lipinski definition) is 1. The summed E-state index contributed by atoms with van der Waals surface area (Å²) in [5.74, 6) is 0.539. The molecule has 0 aliphatic heterocycles.